The Morgan fingerprint density at radius 1 is 1.53 bits per heavy atom. The van der Waals surface area contributed by atoms with Gasteiger partial charge in [-0.25, -0.2) is 14.8 Å². The number of likely N-dealkylation sites (tertiary alicyclic amines) is 1. The van der Waals surface area contributed by atoms with Gasteiger partial charge in [0.15, 0.2) is 0 Å². The molecule has 2 unspecified atom stereocenters. The summed E-state index contributed by atoms with van der Waals surface area (Å²) in [5.74, 6) is 0. The highest BCUT2D eigenvalue weighted by Gasteiger charge is 2.42. The summed E-state index contributed by atoms with van der Waals surface area (Å²) in [6.45, 7) is 2.12. The number of rotatable bonds is 1. The van der Waals surface area contributed by atoms with Crippen molar-refractivity contribution < 1.29 is 15.0 Å². The van der Waals surface area contributed by atoms with Crippen molar-refractivity contribution in [3.05, 3.63) is 24.3 Å². The summed E-state index contributed by atoms with van der Waals surface area (Å²) in [6.07, 6.45) is 3.96. The van der Waals surface area contributed by atoms with Gasteiger partial charge in [0.1, 0.15) is 6.33 Å². The van der Waals surface area contributed by atoms with Crippen LogP contribution in [0.1, 0.15) is 25.3 Å². The summed E-state index contributed by atoms with van der Waals surface area (Å²) < 4.78 is 0. The van der Waals surface area contributed by atoms with Gasteiger partial charge in [0.05, 0.1) is 11.6 Å². The van der Waals surface area contributed by atoms with Crippen LogP contribution in [0.3, 0.4) is 0 Å². The third-order valence-corrected chi connectivity index (χ3v) is 3.33. The predicted molar refractivity (Wildman–Crippen MR) is 59.4 cm³/mol. The van der Waals surface area contributed by atoms with Crippen molar-refractivity contribution in [3.8, 4) is 0 Å². The second kappa shape index (κ2) is 4.29. The summed E-state index contributed by atoms with van der Waals surface area (Å²) in [6, 6.07) is 0. The van der Waals surface area contributed by atoms with Crippen molar-refractivity contribution >= 4 is 6.09 Å². The molecule has 0 bridgehead atoms. The summed E-state index contributed by atoms with van der Waals surface area (Å²) in [7, 11) is 0. The van der Waals surface area contributed by atoms with Crippen LogP contribution in [0.2, 0.25) is 0 Å². The topological polar surface area (TPSA) is 86.6 Å². The molecule has 2 N–H and O–H groups in total. The fourth-order valence-corrected chi connectivity index (χ4v) is 2.35. The van der Waals surface area contributed by atoms with Gasteiger partial charge in [0.25, 0.3) is 0 Å². The third kappa shape index (κ3) is 2.08. The minimum Gasteiger partial charge on any atom is -0.465 e. The molecule has 17 heavy (non-hydrogen) atoms. The zero-order valence-electron chi connectivity index (χ0n) is 9.58. The lowest BCUT2D eigenvalue weighted by Crippen LogP contribution is -2.53. The first kappa shape index (κ1) is 11.8. The van der Waals surface area contributed by atoms with Crippen molar-refractivity contribution in [1.29, 1.82) is 0 Å². The Morgan fingerprint density at radius 3 is 2.76 bits per heavy atom. The van der Waals surface area contributed by atoms with Crippen molar-refractivity contribution in [1.82, 2.24) is 14.9 Å². The van der Waals surface area contributed by atoms with E-state index in [2.05, 4.69) is 9.97 Å². The van der Waals surface area contributed by atoms with Crippen LogP contribution in [0.15, 0.2) is 18.7 Å². The molecule has 1 aliphatic rings. The highest BCUT2D eigenvalue weighted by molar-refractivity contribution is 5.66. The molecule has 2 atom stereocenters. The SMILES string of the molecule is CC1(c2cncnc2)CC(O)CCN1C(=O)O. The van der Waals surface area contributed by atoms with Gasteiger partial charge in [-0.2, -0.15) is 0 Å². The largest absolute Gasteiger partial charge is 0.465 e. The number of carboxylic acid groups (broad SMARTS) is 1. The first-order valence-electron chi connectivity index (χ1n) is 5.48. The van der Waals surface area contributed by atoms with Crippen LogP contribution in [0.25, 0.3) is 0 Å². The Labute approximate surface area is 98.9 Å². The van der Waals surface area contributed by atoms with Gasteiger partial charge in [-0.05, 0) is 13.3 Å². The number of piperidine rings is 1. The van der Waals surface area contributed by atoms with E-state index >= 15 is 0 Å². The lowest BCUT2D eigenvalue weighted by Gasteiger charge is -2.44. The molecular weight excluding hydrogens is 222 g/mol. The van der Waals surface area contributed by atoms with Gasteiger partial charge in [0, 0.05) is 30.9 Å². The van der Waals surface area contributed by atoms with E-state index in [-0.39, 0.29) is 0 Å². The zero-order chi connectivity index (χ0) is 12.5. The molecule has 1 amide bonds. The maximum Gasteiger partial charge on any atom is 0.408 e. The molecule has 1 aliphatic heterocycles. The Hall–Kier alpha value is -1.69. The van der Waals surface area contributed by atoms with Crippen LogP contribution in [0.5, 0.6) is 0 Å². The molecule has 2 heterocycles. The zero-order valence-corrected chi connectivity index (χ0v) is 9.58. The summed E-state index contributed by atoms with van der Waals surface area (Å²) in [4.78, 5) is 20.4. The molecule has 1 saturated heterocycles. The van der Waals surface area contributed by atoms with E-state index in [1.807, 2.05) is 0 Å². The predicted octanol–water partition coefficient (Wildman–Crippen LogP) is 0.827. The third-order valence-electron chi connectivity index (χ3n) is 3.33. The smallest absolute Gasteiger partial charge is 0.408 e. The lowest BCUT2D eigenvalue weighted by atomic mass is 9.82. The molecule has 1 aromatic rings. The summed E-state index contributed by atoms with van der Waals surface area (Å²) >= 11 is 0. The van der Waals surface area contributed by atoms with Crippen LogP contribution in [-0.4, -0.2) is 43.8 Å². The molecule has 0 spiro atoms. The molecule has 0 radical (unpaired) electrons. The number of nitrogens with zero attached hydrogens (tertiary/aromatic N) is 3. The van der Waals surface area contributed by atoms with Gasteiger partial charge in [-0.15, -0.1) is 0 Å². The van der Waals surface area contributed by atoms with Crippen LogP contribution in [0.4, 0.5) is 4.79 Å². The number of hydrogen-bond donors (Lipinski definition) is 2. The van der Waals surface area contributed by atoms with E-state index in [0.717, 1.165) is 0 Å². The van der Waals surface area contributed by atoms with Crippen LogP contribution < -0.4 is 0 Å². The molecular formula is C11H15N3O3. The Balaban J connectivity index is 2.39. The minimum absolute atomic E-state index is 0.321. The maximum absolute atomic E-state index is 11.3. The quantitative estimate of drug-likeness (QED) is 0.755. The average molecular weight is 237 g/mol. The molecule has 92 valence electrons. The Kier molecular flexibility index (Phi) is 2.97. The van der Waals surface area contributed by atoms with Gasteiger partial charge in [-0.3, -0.25) is 4.90 Å². The molecule has 6 nitrogen and oxygen atoms in total. The van der Waals surface area contributed by atoms with Crippen LogP contribution in [-0.2, 0) is 5.54 Å². The number of carbonyl (C=O) groups is 1. The summed E-state index contributed by atoms with van der Waals surface area (Å²) in [5.41, 5.74) is -0.0498. The van der Waals surface area contributed by atoms with Gasteiger partial charge < -0.3 is 10.2 Å². The van der Waals surface area contributed by atoms with Crippen molar-refractivity contribution in [2.24, 2.45) is 0 Å². The fourth-order valence-electron chi connectivity index (χ4n) is 2.35. The summed E-state index contributed by atoms with van der Waals surface area (Å²) in [5, 5.41) is 19.0. The average Bonchev–Trinajstić information content (AvgIpc) is 2.29. The number of aromatic nitrogens is 2. The Bertz CT molecular complexity index is 412. The lowest BCUT2D eigenvalue weighted by molar-refractivity contribution is -0.00538. The number of aliphatic hydroxyl groups is 1. The molecule has 0 aromatic carbocycles. The number of amides is 1. The fraction of sp³-hybridized carbons (Fsp3) is 0.545. The molecule has 2 rings (SSSR count). The van der Waals surface area contributed by atoms with E-state index in [1.165, 1.54) is 11.2 Å². The van der Waals surface area contributed by atoms with E-state index in [4.69, 9.17) is 0 Å². The molecule has 1 aromatic heterocycles. The second-order valence-corrected chi connectivity index (χ2v) is 4.48. The molecule has 6 heteroatoms. The number of hydrogen-bond acceptors (Lipinski definition) is 4. The van der Waals surface area contributed by atoms with E-state index in [1.54, 1.807) is 19.3 Å². The van der Waals surface area contributed by atoms with E-state index in [0.29, 0.717) is 24.9 Å². The second-order valence-electron chi connectivity index (χ2n) is 4.48. The highest BCUT2D eigenvalue weighted by Crippen LogP contribution is 2.36. The van der Waals surface area contributed by atoms with E-state index in [9.17, 15) is 15.0 Å². The number of aliphatic hydroxyl groups excluding tert-OH is 1. The van der Waals surface area contributed by atoms with Crippen molar-refractivity contribution in [2.45, 2.75) is 31.4 Å². The minimum atomic E-state index is -0.983. The molecule has 0 saturated carbocycles. The van der Waals surface area contributed by atoms with Crippen molar-refractivity contribution in [2.75, 3.05) is 6.54 Å². The van der Waals surface area contributed by atoms with Crippen LogP contribution in [0, 0.1) is 0 Å². The monoisotopic (exact) mass is 237 g/mol. The van der Waals surface area contributed by atoms with Crippen LogP contribution >= 0.6 is 0 Å². The first-order chi connectivity index (χ1) is 8.04. The normalized spacial score (nSPS) is 29.1. The first-order valence-corrected chi connectivity index (χ1v) is 5.48. The van der Waals surface area contributed by atoms with Crippen molar-refractivity contribution in [3.63, 3.8) is 0 Å². The standard InChI is InChI=1S/C11H15N3O3/c1-11(8-5-12-7-13-6-8)4-9(15)2-3-14(11)10(16)17/h5-7,9,15H,2-4H2,1H3,(H,16,17). The molecule has 1 fully saturated rings. The van der Waals surface area contributed by atoms with Gasteiger partial charge in [0.2, 0.25) is 0 Å². The molecule has 0 aliphatic carbocycles. The van der Waals surface area contributed by atoms with E-state index < -0.39 is 17.7 Å². The maximum atomic E-state index is 11.3. The van der Waals surface area contributed by atoms with Gasteiger partial charge in [-0.1, -0.05) is 0 Å². The highest BCUT2D eigenvalue weighted by atomic mass is 16.4. The van der Waals surface area contributed by atoms with Gasteiger partial charge >= 0.3 is 6.09 Å². The Morgan fingerprint density at radius 2 is 2.18 bits per heavy atom.